The number of likely N-dealkylation sites (tertiary alicyclic amines) is 1. The number of fused-ring (bicyclic) bond motifs is 1. The molecule has 0 saturated carbocycles. The minimum atomic E-state index is -0.396. The fourth-order valence-corrected chi connectivity index (χ4v) is 5.81. The van der Waals surface area contributed by atoms with Gasteiger partial charge in [0.25, 0.3) is 11.5 Å². The third kappa shape index (κ3) is 7.09. The minimum absolute atomic E-state index is 0.125. The van der Waals surface area contributed by atoms with Crippen LogP contribution in [0.15, 0.2) is 34.8 Å². The number of anilines is 1. The van der Waals surface area contributed by atoms with Gasteiger partial charge in [-0.1, -0.05) is 50.0 Å². The second-order valence-electron chi connectivity index (χ2n) is 11.4. The number of benzene rings is 1. The number of aromatic nitrogens is 3. The number of allylic oxidation sites excluding steroid dienone is 1. The van der Waals surface area contributed by atoms with Crippen LogP contribution in [0.5, 0.6) is 11.5 Å². The molecule has 3 aromatic rings. The van der Waals surface area contributed by atoms with Crippen molar-refractivity contribution in [2.45, 2.75) is 46.3 Å². The molecule has 1 amide bonds. The van der Waals surface area contributed by atoms with E-state index in [1.165, 1.54) is 18.8 Å². The van der Waals surface area contributed by atoms with E-state index in [0.29, 0.717) is 41.6 Å². The summed E-state index contributed by atoms with van der Waals surface area (Å²) in [6.45, 7) is 7.03. The van der Waals surface area contributed by atoms with Gasteiger partial charge in [-0.3, -0.25) is 14.2 Å². The fourth-order valence-electron chi connectivity index (χ4n) is 5.10. The average molecular weight is 644 g/mol. The van der Waals surface area contributed by atoms with Gasteiger partial charge in [-0.25, -0.2) is 4.98 Å². The van der Waals surface area contributed by atoms with Crippen LogP contribution in [0, 0.1) is 16.7 Å². The number of nitrogens with zero attached hydrogens (tertiary/aromatic N) is 5. The second kappa shape index (κ2) is 13.8. The Balaban J connectivity index is 1.65. The highest BCUT2D eigenvalue weighted by Crippen LogP contribution is 2.45. The molecule has 2 aromatic heterocycles. The van der Waals surface area contributed by atoms with E-state index in [1.54, 1.807) is 36.4 Å². The molecule has 0 radical (unpaired) electrons. The van der Waals surface area contributed by atoms with Crippen LogP contribution < -0.4 is 20.3 Å². The van der Waals surface area contributed by atoms with Crippen molar-refractivity contribution in [2.24, 2.45) is 5.41 Å². The van der Waals surface area contributed by atoms with Crippen LogP contribution in [0.25, 0.3) is 22.2 Å². The summed E-state index contributed by atoms with van der Waals surface area (Å²) < 4.78 is 18.5. The Labute approximate surface area is 266 Å². The number of nitriles is 1. The van der Waals surface area contributed by atoms with Crippen molar-refractivity contribution in [1.29, 1.82) is 5.26 Å². The first kappa shape index (κ1) is 33.1. The summed E-state index contributed by atoms with van der Waals surface area (Å²) in [5.74, 6) is 0.639. The van der Waals surface area contributed by atoms with E-state index in [9.17, 15) is 14.9 Å². The smallest absolute Gasteiger partial charge is 0.264 e. The predicted molar refractivity (Wildman–Crippen MR) is 171 cm³/mol. The molecule has 1 unspecified atom stereocenters. The van der Waals surface area contributed by atoms with E-state index < -0.39 is 5.56 Å². The Morgan fingerprint density at radius 1 is 1.20 bits per heavy atom. The van der Waals surface area contributed by atoms with E-state index in [4.69, 9.17) is 37.4 Å². The van der Waals surface area contributed by atoms with Crippen LogP contribution in [0.1, 0.15) is 33.6 Å². The van der Waals surface area contributed by atoms with Gasteiger partial charge in [-0.2, -0.15) is 10.2 Å². The van der Waals surface area contributed by atoms with Crippen LogP contribution in [0.3, 0.4) is 0 Å². The van der Waals surface area contributed by atoms with E-state index >= 15 is 0 Å². The van der Waals surface area contributed by atoms with E-state index in [0.717, 1.165) is 12.8 Å². The number of rotatable bonds is 9. The summed E-state index contributed by atoms with van der Waals surface area (Å²) in [6.07, 6.45) is 4.52. The SMILES string of the molecule is CNc1ncc2cc(-c3c(Cl)c(OC)cc(OC)c3Cl)c(=O)n(CCOC3CCCN(C(=O)C(C#N)=CC(C)(C)C)C3)c2n1. The van der Waals surface area contributed by atoms with Crippen LogP contribution in [-0.4, -0.2) is 72.4 Å². The first-order valence-corrected chi connectivity index (χ1v) is 14.9. The average Bonchev–Trinajstić information content (AvgIpc) is 3.00. The number of hydrogen-bond donors (Lipinski definition) is 1. The maximum absolute atomic E-state index is 14.1. The molecule has 1 saturated heterocycles. The van der Waals surface area contributed by atoms with Gasteiger partial charge in [0, 0.05) is 43.4 Å². The van der Waals surface area contributed by atoms with Crippen molar-refractivity contribution in [2.75, 3.05) is 46.3 Å². The number of carbonyl (C=O) groups is 1. The summed E-state index contributed by atoms with van der Waals surface area (Å²) >= 11 is 13.4. The molecule has 1 fully saturated rings. The molecule has 13 heteroatoms. The first-order valence-electron chi connectivity index (χ1n) is 14.1. The van der Waals surface area contributed by atoms with Crippen molar-refractivity contribution >= 4 is 46.1 Å². The zero-order chi connectivity index (χ0) is 32.2. The third-order valence-electron chi connectivity index (χ3n) is 7.16. The molecule has 234 valence electrons. The fraction of sp³-hybridized carbons (Fsp3) is 0.452. The number of halogens is 2. The first-order chi connectivity index (χ1) is 20.9. The summed E-state index contributed by atoms with van der Waals surface area (Å²) in [6, 6.07) is 5.25. The highest BCUT2D eigenvalue weighted by molar-refractivity contribution is 6.41. The zero-order valence-electron chi connectivity index (χ0n) is 25.7. The molecule has 1 aromatic carbocycles. The van der Waals surface area contributed by atoms with Gasteiger partial charge in [0.1, 0.15) is 28.8 Å². The Kier molecular flexibility index (Phi) is 10.4. The van der Waals surface area contributed by atoms with Crippen LogP contribution in [0.4, 0.5) is 5.95 Å². The molecule has 4 rings (SSSR count). The lowest BCUT2D eigenvalue weighted by atomic mass is 9.93. The molecule has 1 atom stereocenters. The van der Waals surface area contributed by atoms with Crippen molar-refractivity contribution in [3.05, 3.63) is 50.4 Å². The summed E-state index contributed by atoms with van der Waals surface area (Å²) in [4.78, 5) is 37.7. The van der Waals surface area contributed by atoms with Crippen LogP contribution in [0.2, 0.25) is 10.0 Å². The van der Waals surface area contributed by atoms with Gasteiger partial charge < -0.3 is 24.4 Å². The van der Waals surface area contributed by atoms with Crippen molar-refractivity contribution in [3.63, 3.8) is 0 Å². The monoisotopic (exact) mass is 642 g/mol. The highest BCUT2D eigenvalue weighted by atomic mass is 35.5. The number of hydrogen-bond acceptors (Lipinski definition) is 9. The molecule has 1 aliphatic heterocycles. The van der Waals surface area contributed by atoms with Crippen LogP contribution >= 0.6 is 23.2 Å². The largest absolute Gasteiger partial charge is 0.495 e. The van der Waals surface area contributed by atoms with E-state index in [-0.39, 0.29) is 57.3 Å². The summed E-state index contributed by atoms with van der Waals surface area (Å²) in [5.41, 5.74) is 0.302. The Morgan fingerprint density at radius 3 is 2.48 bits per heavy atom. The van der Waals surface area contributed by atoms with Crippen LogP contribution in [-0.2, 0) is 16.1 Å². The lowest BCUT2D eigenvalue weighted by Gasteiger charge is -2.33. The van der Waals surface area contributed by atoms with Gasteiger partial charge in [0.2, 0.25) is 5.95 Å². The zero-order valence-corrected chi connectivity index (χ0v) is 27.2. The predicted octanol–water partition coefficient (Wildman–Crippen LogP) is 5.33. The number of ether oxygens (including phenoxy) is 3. The molecule has 1 N–H and O–H groups in total. The Hall–Kier alpha value is -3.85. The number of piperidine rings is 1. The molecular formula is C31H36Cl2N6O5. The van der Waals surface area contributed by atoms with Gasteiger partial charge in [0.15, 0.2) is 0 Å². The molecule has 11 nitrogen and oxygen atoms in total. The highest BCUT2D eigenvalue weighted by Gasteiger charge is 2.28. The number of nitrogens with one attached hydrogen (secondary N) is 1. The number of carbonyl (C=O) groups excluding carboxylic acids is 1. The third-order valence-corrected chi connectivity index (χ3v) is 7.91. The van der Waals surface area contributed by atoms with Crippen molar-refractivity contribution in [3.8, 4) is 28.7 Å². The standard InChI is InChI=1S/C31H36Cl2N6O5/c1-31(2,3)14-19(15-34)28(40)38-9-7-8-20(17-38)44-11-10-39-27-18(16-36-30(35-4)37-27)12-21(29(39)41)24-25(32)22(42-5)13-23(43-6)26(24)33/h12-14,16,20H,7-11,17H2,1-6H3,(H,35,36,37). The Bertz CT molecular complexity index is 1660. The molecule has 0 aliphatic carbocycles. The lowest BCUT2D eigenvalue weighted by Crippen LogP contribution is -2.44. The quantitative estimate of drug-likeness (QED) is 0.243. The summed E-state index contributed by atoms with van der Waals surface area (Å²) in [5, 5.41) is 13.4. The Morgan fingerprint density at radius 2 is 1.89 bits per heavy atom. The molecule has 0 bridgehead atoms. The normalized spacial score (nSPS) is 15.7. The topological polar surface area (TPSA) is 132 Å². The van der Waals surface area contributed by atoms with E-state index in [1.807, 2.05) is 26.8 Å². The van der Waals surface area contributed by atoms with Crippen molar-refractivity contribution in [1.82, 2.24) is 19.4 Å². The molecule has 44 heavy (non-hydrogen) atoms. The maximum atomic E-state index is 14.1. The lowest BCUT2D eigenvalue weighted by molar-refractivity contribution is -0.130. The van der Waals surface area contributed by atoms with Gasteiger partial charge in [0.05, 0.1) is 49.1 Å². The number of pyridine rings is 1. The molecule has 1 aliphatic rings. The summed E-state index contributed by atoms with van der Waals surface area (Å²) in [7, 11) is 4.61. The molecule has 0 spiro atoms. The van der Waals surface area contributed by atoms with Crippen molar-refractivity contribution < 1.29 is 19.0 Å². The molecular weight excluding hydrogens is 607 g/mol. The molecule has 3 heterocycles. The van der Waals surface area contributed by atoms with Gasteiger partial charge in [-0.05, 0) is 24.3 Å². The minimum Gasteiger partial charge on any atom is -0.495 e. The van der Waals surface area contributed by atoms with Gasteiger partial charge >= 0.3 is 0 Å². The van der Waals surface area contributed by atoms with E-state index in [2.05, 4.69) is 15.3 Å². The second-order valence-corrected chi connectivity index (χ2v) is 12.2. The number of amides is 1. The number of methoxy groups -OCH3 is 2. The van der Waals surface area contributed by atoms with Gasteiger partial charge in [-0.15, -0.1) is 0 Å². The maximum Gasteiger partial charge on any atom is 0.264 e.